The van der Waals surface area contributed by atoms with Gasteiger partial charge in [0, 0.05) is 31.8 Å². The van der Waals surface area contributed by atoms with Crippen molar-refractivity contribution >= 4 is 11.7 Å². The Labute approximate surface area is 144 Å². The summed E-state index contributed by atoms with van der Waals surface area (Å²) in [7, 11) is 0. The van der Waals surface area contributed by atoms with Crippen molar-refractivity contribution in [3.05, 3.63) is 69.8 Å². The van der Waals surface area contributed by atoms with Gasteiger partial charge >= 0.3 is 6.03 Å². The van der Waals surface area contributed by atoms with Crippen LogP contribution in [0.5, 0.6) is 0 Å². The molecule has 0 fully saturated rings. The Balaban J connectivity index is 1.43. The van der Waals surface area contributed by atoms with E-state index in [4.69, 9.17) is 0 Å². The summed E-state index contributed by atoms with van der Waals surface area (Å²) in [4.78, 5) is 31.1. The van der Waals surface area contributed by atoms with Crippen molar-refractivity contribution in [1.29, 1.82) is 0 Å². The van der Waals surface area contributed by atoms with Crippen LogP contribution in [0.4, 0.5) is 4.79 Å². The summed E-state index contributed by atoms with van der Waals surface area (Å²) < 4.78 is 1.41. The number of H-pyrrole nitrogens is 1. The summed E-state index contributed by atoms with van der Waals surface area (Å²) in [5.74, 6) is 0. The Bertz CT molecular complexity index is 961. The molecule has 3 aromatic rings. The summed E-state index contributed by atoms with van der Waals surface area (Å²) in [6.45, 7) is 1.43. The molecular weight excluding hydrogens is 318 g/mol. The molecule has 0 saturated carbocycles. The standard InChI is InChI=1S/C18H19N5O2/c24-17-14-12-22(11-8-15(14)21-16-7-10-20-23(16)17)18(25)19-9-6-13-4-2-1-3-5-13/h1-5,7,10,20H,6,8-9,11-12H2,(H,19,25). The highest BCUT2D eigenvalue weighted by atomic mass is 16.2. The molecule has 3 heterocycles. The molecule has 0 radical (unpaired) electrons. The van der Waals surface area contributed by atoms with Crippen molar-refractivity contribution in [1.82, 2.24) is 24.8 Å². The van der Waals surface area contributed by atoms with E-state index in [0.29, 0.717) is 37.3 Å². The number of benzene rings is 1. The number of aromatic amines is 1. The van der Waals surface area contributed by atoms with Crippen molar-refractivity contribution in [3.8, 4) is 0 Å². The lowest BCUT2D eigenvalue weighted by Gasteiger charge is -2.27. The number of aromatic nitrogens is 3. The number of amides is 2. The van der Waals surface area contributed by atoms with Gasteiger partial charge in [0.1, 0.15) is 0 Å². The highest BCUT2D eigenvalue weighted by molar-refractivity contribution is 5.74. The smallest absolute Gasteiger partial charge is 0.317 e. The molecule has 2 N–H and O–H groups in total. The molecule has 0 bridgehead atoms. The Morgan fingerprint density at radius 1 is 1.24 bits per heavy atom. The molecule has 25 heavy (non-hydrogen) atoms. The van der Waals surface area contributed by atoms with E-state index in [0.717, 1.165) is 12.1 Å². The summed E-state index contributed by atoms with van der Waals surface area (Å²) >= 11 is 0. The average molecular weight is 337 g/mol. The van der Waals surface area contributed by atoms with Crippen LogP contribution in [-0.4, -0.2) is 38.6 Å². The van der Waals surface area contributed by atoms with E-state index in [-0.39, 0.29) is 11.6 Å². The van der Waals surface area contributed by atoms with Gasteiger partial charge in [-0.15, -0.1) is 0 Å². The zero-order valence-electron chi connectivity index (χ0n) is 13.7. The topological polar surface area (TPSA) is 82.5 Å². The van der Waals surface area contributed by atoms with E-state index in [1.807, 2.05) is 30.3 Å². The lowest BCUT2D eigenvalue weighted by Crippen LogP contribution is -2.45. The van der Waals surface area contributed by atoms with Crippen LogP contribution < -0.4 is 10.9 Å². The monoisotopic (exact) mass is 337 g/mol. The van der Waals surface area contributed by atoms with Crippen LogP contribution in [0.3, 0.4) is 0 Å². The van der Waals surface area contributed by atoms with Crippen molar-refractivity contribution in [2.24, 2.45) is 0 Å². The maximum Gasteiger partial charge on any atom is 0.317 e. The number of hydrogen-bond acceptors (Lipinski definition) is 3. The number of carbonyl (C=O) groups excluding carboxylic acids is 1. The molecule has 4 rings (SSSR count). The molecule has 1 aliphatic heterocycles. The van der Waals surface area contributed by atoms with Gasteiger partial charge in [-0.05, 0) is 12.0 Å². The highest BCUT2D eigenvalue weighted by Crippen LogP contribution is 2.14. The van der Waals surface area contributed by atoms with Crippen molar-refractivity contribution in [3.63, 3.8) is 0 Å². The lowest BCUT2D eigenvalue weighted by atomic mass is 10.1. The van der Waals surface area contributed by atoms with Crippen LogP contribution in [0, 0.1) is 0 Å². The van der Waals surface area contributed by atoms with Crippen LogP contribution in [0.15, 0.2) is 47.4 Å². The fraction of sp³-hybridized carbons (Fsp3) is 0.278. The van der Waals surface area contributed by atoms with E-state index in [2.05, 4.69) is 15.4 Å². The van der Waals surface area contributed by atoms with E-state index in [1.54, 1.807) is 17.2 Å². The molecule has 0 atom stereocenters. The van der Waals surface area contributed by atoms with Gasteiger partial charge in [-0.3, -0.25) is 9.89 Å². The average Bonchev–Trinajstić information content (AvgIpc) is 3.11. The van der Waals surface area contributed by atoms with E-state index in [1.165, 1.54) is 10.1 Å². The van der Waals surface area contributed by atoms with Gasteiger partial charge in [-0.25, -0.2) is 14.3 Å². The maximum atomic E-state index is 12.5. The Kier molecular flexibility index (Phi) is 3.97. The predicted molar refractivity (Wildman–Crippen MR) is 93.5 cm³/mol. The molecule has 0 spiro atoms. The number of hydrogen-bond donors (Lipinski definition) is 2. The lowest BCUT2D eigenvalue weighted by molar-refractivity contribution is 0.191. The summed E-state index contributed by atoms with van der Waals surface area (Å²) in [6.07, 6.45) is 3.06. The summed E-state index contributed by atoms with van der Waals surface area (Å²) in [5.41, 5.74) is 3.04. The van der Waals surface area contributed by atoms with E-state index >= 15 is 0 Å². The highest BCUT2D eigenvalue weighted by Gasteiger charge is 2.24. The zero-order valence-corrected chi connectivity index (χ0v) is 13.7. The maximum absolute atomic E-state index is 12.5. The SMILES string of the molecule is O=C(NCCc1ccccc1)N1CCc2nc3cc[nH]n3c(=O)c2C1. The molecule has 7 nitrogen and oxygen atoms in total. The molecule has 2 aromatic heterocycles. The minimum absolute atomic E-state index is 0.133. The second-order valence-corrected chi connectivity index (χ2v) is 6.14. The second kappa shape index (κ2) is 6.43. The van der Waals surface area contributed by atoms with Crippen molar-refractivity contribution in [2.45, 2.75) is 19.4 Å². The van der Waals surface area contributed by atoms with Crippen LogP contribution in [-0.2, 0) is 19.4 Å². The molecule has 0 unspecified atom stereocenters. The van der Waals surface area contributed by atoms with Crippen molar-refractivity contribution < 1.29 is 4.79 Å². The largest absolute Gasteiger partial charge is 0.338 e. The number of carbonyl (C=O) groups is 1. The molecule has 1 aromatic carbocycles. The Morgan fingerprint density at radius 3 is 2.92 bits per heavy atom. The number of nitrogens with one attached hydrogen (secondary N) is 2. The first-order valence-electron chi connectivity index (χ1n) is 8.37. The number of nitrogens with zero attached hydrogens (tertiary/aromatic N) is 3. The first-order valence-corrected chi connectivity index (χ1v) is 8.37. The van der Waals surface area contributed by atoms with Gasteiger partial charge < -0.3 is 10.2 Å². The molecule has 2 amide bonds. The van der Waals surface area contributed by atoms with Gasteiger partial charge in [-0.2, -0.15) is 0 Å². The Morgan fingerprint density at radius 2 is 2.08 bits per heavy atom. The normalized spacial score (nSPS) is 13.7. The van der Waals surface area contributed by atoms with Gasteiger partial charge in [-0.1, -0.05) is 30.3 Å². The zero-order chi connectivity index (χ0) is 17.2. The molecule has 128 valence electrons. The minimum atomic E-state index is -0.141. The second-order valence-electron chi connectivity index (χ2n) is 6.14. The van der Waals surface area contributed by atoms with Gasteiger partial charge in [0.2, 0.25) is 0 Å². The van der Waals surface area contributed by atoms with Crippen LogP contribution in [0.2, 0.25) is 0 Å². The Hall–Kier alpha value is -3.09. The molecule has 7 heteroatoms. The van der Waals surface area contributed by atoms with E-state index < -0.39 is 0 Å². The van der Waals surface area contributed by atoms with Crippen LogP contribution in [0.25, 0.3) is 5.65 Å². The summed E-state index contributed by atoms with van der Waals surface area (Å²) in [5, 5.41) is 5.79. The van der Waals surface area contributed by atoms with Gasteiger partial charge in [0.25, 0.3) is 5.56 Å². The third kappa shape index (κ3) is 3.00. The molecule has 1 aliphatic rings. The third-order valence-corrected chi connectivity index (χ3v) is 4.51. The summed E-state index contributed by atoms with van der Waals surface area (Å²) in [6, 6.07) is 11.7. The predicted octanol–water partition coefficient (Wildman–Crippen LogP) is 1.33. The fourth-order valence-electron chi connectivity index (χ4n) is 3.16. The van der Waals surface area contributed by atoms with Crippen molar-refractivity contribution in [2.75, 3.05) is 13.1 Å². The first-order chi connectivity index (χ1) is 12.2. The number of urea groups is 1. The fourth-order valence-corrected chi connectivity index (χ4v) is 3.16. The quantitative estimate of drug-likeness (QED) is 0.756. The van der Waals surface area contributed by atoms with Crippen LogP contribution in [0.1, 0.15) is 16.8 Å². The van der Waals surface area contributed by atoms with E-state index in [9.17, 15) is 9.59 Å². The minimum Gasteiger partial charge on any atom is -0.338 e. The molecule has 0 aliphatic carbocycles. The molecular formula is C18H19N5O2. The van der Waals surface area contributed by atoms with Crippen LogP contribution >= 0.6 is 0 Å². The first kappa shape index (κ1) is 15.4. The number of fused-ring (bicyclic) bond motifs is 2. The third-order valence-electron chi connectivity index (χ3n) is 4.51. The van der Waals surface area contributed by atoms with Gasteiger partial charge in [0.15, 0.2) is 5.65 Å². The van der Waals surface area contributed by atoms with Gasteiger partial charge in [0.05, 0.1) is 17.8 Å². The molecule has 0 saturated heterocycles. The number of rotatable bonds is 3.